The number of nitrogens with one attached hydrogen (secondary N) is 1. The van der Waals surface area contributed by atoms with Crippen molar-refractivity contribution < 1.29 is 9.90 Å². The van der Waals surface area contributed by atoms with Gasteiger partial charge in [-0.15, -0.1) is 0 Å². The molecule has 2 heterocycles. The monoisotopic (exact) mass is 276 g/mol. The molecule has 0 atom stereocenters. The van der Waals surface area contributed by atoms with Crippen LogP contribution in [0.2, 0.25) is 0 Å². The molecule has 2 aromatic rings. The highest BCUT2D eigenvalue weighted by atomic mass is 32.2. The highest BCUT2D eigenvalue weighted by molar-refractivity contribution is 7.98. The summed E-state index contributed by atoms with van der Waals surface area (Å²) >= 11 is 1.78. The summed E-state index contributed by atoms with van der Waals surface area (Å²) in [6.45, 7) is 3.95. The topological polar surface area (TPSA) is 54.3 Å². The summed E-state index contributed by atoms with van der Waals surface area (Å²) in [4.78, 5) is 11.1. The molecule has 5 heteroatoms. The molecular weight excluding hydrogens is 260 g/mol. The summed E-state index contributed by atoms with van der Waals surface area (Å²) in [6, 6.07) is 5.42. The minimum atomic E-state index is -0.865. The molecule has 0 amide bonds. The number of carbonyl (C=O) groups is 1. The van der Waals surface area contributed by atoms with Crippen LogP contribution >= 0.6 is 11.9 Å². The van der Waals surface area contributed by atoms with Crippen LogP contribution in [0.3, 0.4) is 0 Å². The molecule has 0 bridgehead atoms. The zero-order valence-electron chi connectivity index (χ0n) is 10.8. The van der Waals surface area contributed by atoms with Gasteiger partial charge in [0, 0.05) is 36.3 Å². The zero-order valence-corrected chi connectivity index (χ0v) is 11.6. The van der Waals surface area contributed by atoms with E-state index < -0.39 is 5.97 Å². The van der Waals surface area contributed by atoms with E-state index in [9.17, 15) is 4.79 Å². The number of aromatic carboxylic acids is 1. The number of carboxylic acids is 1. The van der Waals surface area contributed by atoms with Crippen LogP contribution in [0.15, 0.2) is 18.2 Å². The second-order valence-corrected chi connectivity index (χ2v) is 5.80. The summed E-state index contributed by atoms with van der Waals surface area (Å²) in [5.74, 6) is 0.139. The van der Waals surface area contributed by atoms with Crippen molar-refractivity contribution in [1.82, 2.24) is 9.29 Å². The standard InChI is InChI=1S/C14H16N2O2S/c1-2-19-16-12-4-3-9(14(17)18)7-10(12)11-8-15-6-5-13(11)16/h3-4,7,15H,2,5-6,8H2,1H3,(H,17,18). The van der Waals surface area contributed by atoms with Gasteiger partial charge < -0.3 is 10.4 Å². The van der Waals surface area contributed by atoms with Crippen LogP contribution in [0, 0.1) is 0 Å². The first-order valence-corrected chi connectivity index (χ1v) is 7.40. The second-order valence-electron chi connectivity index (χ2n) is 4.60. The fourth-order valence-electron chi connectivity index (χ4n) is 2.66. The van der Waals surface area contributed by atoms with Gasteiger partial charge in [0.05, 0.1) is 11.1 Å². The maximum absolute atomic E-state index is 11.1. The molecule has 0 saturated carbocycles. The molecular formula is C14H16N2O2S. The Kier molecular flexibility index (Phi) is 3.24. The lowest BCUT2D eigenvalue weighted by Gasteiger charge is -2.15. The first-order valence-electron chi connectivity index (χ1n) is 6.46. The lowest BCUT2D eigenvalue weighted by molar-refractivity contribution is 0.0697. The predicted octanol–water partition coefficient (Wildman–Crippen LogP) is 2.50. The minimum Gasteiger partial charge on any atom is -0.478 e. The number of nitrogens with zero attached hydrogens (tertiary/aromatic N) is 1. The van der Waals surface area contributed by atoms with E-state index in [0.29, 0.717) is 5.56 Å². The first kappa shape index (κ1) is 12.6. The summed E-state index contributed by atoms with van der Waals surface area (Å²) in [6.07, 6.45) is 0.999. The zero-order chi connectivity index (χ0) is 13.4. The molecule has 0 aliphatic carbocycles. The SMILES string of the molecule is CCSn1c2c(c3cc(C(=O)O)ccc31)CNCC2. The number of benzene rings is 1. The Hall–Kier alpha value is -1.46. The molecule has 0 saturated heterocycles. The van der Waals surface area contributed by atoms with Gasteiger partial charge in [-0.25, -0.2) is 4.79 Å². The largest absolute Gasteiger partial charge is 0.478 e. The minimum absolute atomic E-state index is 0.361. The third-order valence-corrected chi connectivity index (χ3v) is 4.41. The molecule has 1 aliphatic rings. The number of aromatic nitrogens is 1. The number of carboxylic acid groups (broad SMARTS) is 1. The molecule has 0 radical (unpaired) electrons. The van der Waals surface area contributed by atoms with E-state index in [1.807, 2.05) is 6.07 Å². The average molecular weight is 276 g/mol. The quantitative estimate of drug-likeness (QED) is 0.904. The fourth-order valence-corrected chi connectivity index (χ4v) is 3.57. The number of hydrogen-bond donors (Lipinski definition) is 2. The van der Waals surface area contributed by atoms with E-state index in [0.717, 1.165) is 36.2 Å². The Morgan fingerprint density at radius 2 is 2.37 bits per heavy atom. The normalized spacial score (nSPS) is 14.6. The predicted molar refractivity (Wildman–Crippen MR) is 77.8 cm³/mol. The molecule has 0 fully saturated rings. The van der Waals surface area contributed by atoms with Crippen molar-refractivity contribution in [2.45, 2.75) is 19.9 Å². The maximum atomic E-state index is 11.1. The van der Waals surface area contributed by atoms with E-state index >= 15 is 0 Å². The molecule has 19 heavy (non-hydrogen) atoms. The van der Waals surface area contributed by atoms with Crippen LogP contribution in [0.1, 0.15) is 28.5 Å². The van der Waals surface area contributed by atoms with Crippen molar-refractivity contribution in [3.8, 4) is 0 Å². The van der Waals surface area contributed by atoms with Crippen LogP contribution in [-0.2, 0) is 13.0 Å². The van der Waals surface area contributed by atoms with Gasteiger partial charge in [0.1, 0.15) is 0 Å². The number of rotatable bonds is 3. The van der Waals surface area contributed by atoms with Crippen molar-refractivity contribution in [3.05, 3.63) is 35.0 Å². The van der Waals surface area contributed by atoms with Crippen LogP contribution in [0.5, 0.6) is 0 Å². The Labute approximate surface area is 115 Å². The van der Waals surface area contributed by atoms with E-state index in [2.05, 4.69) is 16.2 Å². The number of hydrogen-bond acceptors (Lipinski definition) is 3. The summed E-state index contributed by atoms with van der Waals surface area (Å²) in [5, 5.41) is 13.6. The molecule has 1 aromatic heterocycles. The highest BCUT2D eigenvalue weighted by Crippen LogP contribution is 2.32. The average Bonchev–Trinajstić information content (AvgIpc) is 2.74. The third kappa shape index (κ3) is 2.03. The van der Waals surface area contributed by atoms with E-state index in [-0.39, 0.29) is 0 Å². The Balaban J connectivity index is 2.26. The van der Waals surface area contributed by atoms with Crippen molar-refractivity contribution in [2.24, 2.45) is 0 Å². The van der Waals surface area contributed by atoms with Gasteiger partial charge in [0.2, 0.25) is 0 Å². The molecule has 0 unspecified atom stereocenters. The lowest BCUT2D eigenvalue weighted by atomic mass is 10.0. The van der Waals surface area contributed by atoms with Crippen molar-refractivity contribution in [3.63, 3.8) is 0 Å². The van der Waals surface area contributed by atoms with Crippen LogP contribution in [0.4, 0.5) is 0 Å². The van der Waals surface area contributed by atoms with E-state index in [4.69, 9.17) is 5.11 Å². The van der Waals surface area contributed by atoms with Gasteiger partial charge in [-0.2, -0.15) is 0 Å². The maximum Gasteiger partial charge on any atom is 0.335 e. The Morgan fingerprint density at radius 3 is 3.11 bits per heavy atom. The van der Waals surface area contributed by atoms with Gasteiger partial charge in [-0.3, -0.25) is 3.97 Å². The van der Waals surface area contributed by atoms with Gasteiger partial charge in [-0.05, 0) is 35.7 Å². The molecule has 2 N–H and O–H groups in total. The highest BCUT2D eigenvalue weighted by Gasteiger charge is 2.20. The molecule has 4 nitrogen and oxygen atoms in total. The molecule has 1 aliphatic heterocycles. The lowest BCUT2D eigenvalue weighted by Crippen LogP contribution is -2.24. The summed E-state index contributed by atoms with van der Waals surface area (Å²) in [7, 11) is 0. The Bertz CT molecular complexity index is 648. The van der Waals surface area contributed by atoms with Gasteiger partial charge in [0.15, 0.2) is 0 Å². The fraction of sp³-hybridized carbons (Fsp3) is 0.357. The molecule has 0 spiro atoms. The van der Waals surface area contributed by atoms with Crippen LogP contribution < -0.4 is 5.32 Å². The molecule has 100 valence electrons. The number of fused-ring (bicyclic) bond motifs is 3. The van der Waals surface area contributed by atoms with Gasteiger partial charge in [0.25, 0.3) is 0 Å². The third-order valence-electron chi connectivity index (χ3n) is 3.48. The summed E-state index contributed by atoms with van der Waals surface area (Å²) < 4.78 is 2.27. The van der Waals surface area contributed by atoms with Gasteiger partial charge in [-0.1, -0.05) is 6.92 Å². The summed E-state index contributed by atoms with van der Waals surface area (Å²) in [5.41, 5.74) is 4.08. The van der Waals surface area contributed by atoms with Crippen LogP contribution in [-0.4, -0.2) is 27.3 Å². The van der Waals surface area contributed by atoms with Crippen molar-refractivity contribution >= 4 is 28.8 Å². The molecule has 1 aromatic carbocycles. The second kappa shape index (κ2) is 4.90. The Morgan fingerprint density at radius 1 is 1.53 bits per heavy atom. The first-order chi connectivity index (χ1) is 9.22. The van der Waals surface area contributed by atoms with Crippen molar-refractivity contribution in [1.29, 1.82) is 0 Å². The van der Waals surface area contributed by atoms with E-state index in [1.54, 1.807) is 24.1 Å². The van der Waals surface area contributed by atoms with Crippen molar-refractivity contribution in [2.75, 3.05) is 12.3 Å². The van der Waals surface area contributed by atoms with Crippen LogP contribution in [0.25, 0.3) is 10.9 Å². The van der Waals surface area contributed by atoms with E-state index in [1.165, 1.54) is 11.3 Å². The van der Waals surface area contributed by atoms with Gasteiger partial charge >= 0.3 is 5.97 Å². The smallest absolute Gasteiger partial charge is 0.335 e. The molecule has 3 rings (SSSR count).